The largest absolute Gasteiger partial charge is 0.126 e. The van der Waals surface area contributed by atoms with Crippen LogP contribution >= 0.6 is 11.8 Å². The molecule has 1 heteroatoms. The summed E-state index contributed by atoms with van der Waals surface area (Å²) < 4.78 is 0. The molecule has 0 unspecified atom stereocenters. The normalized spacial score (nSPS) is 14.8. The predicted molar refractivity (Wildman–Crippen MR) is 86.9 cm³/mol. The second-order valence-electron chi connectivity index (χ2n) is 5.62. The van der Waals surface area contributed by atoms with Gasteiger partial charge in [0, 0.05) is 10.3 Å². The van der Waals surface area contributed by atoms with Crippen LogP contribution in [0.5, 0.6) is 0 Å². The van der Waals surface area contributed by atoms with Crippen molar-refractivity contribution in [3.63, 3.8) is 0 Å². The molecule has 0 fully saturated rings. The van der Waals surface area contributed by atoms with Gasteiger partial charge >= 0.3 is 0 Å². The summed E-state index contributed by atoms with van der Waals surface area (Å²) in [4.78, 5) is 1.45. The molecule has 19 heavy (non-hydrogen) atoms. The lowest BCUT2D eigenvalue weighted by molar-refractivity contribution is 0.626. The number of allylic oxidation sites excluding steroid dienone is 4. The number of rotatable bonds is 6. The van der Waals surface area contributed by atoms with Crippen molar-refractivity contribution in [2.75, 3.05) is 5.75 Å². The summed E-state index contributed by atoms with van der Waals surface area (Å²) in [7, 11) is 0. The Morgan fingerprint density at radius 1 is 1.21 bits per heavy atom. The number of unbranched alkanes of at least 4 members (excludes halogenated alkanes) is 1. The van der Waals surface area contributed by atoms with Gasteiger partial charge in [-0.1, -0.05) is 63.6 Å². The second-order valence-corrected chi connectivity index (χ2v) is 6.76. The average molecular weight is 272 g/mol. The van der Waals surface area contributed by atoms with Crippen LogP contribution in [-0.4, -0.2) is 5.75 Å². The molecule has 0 amide bonds. The van der Waals surface area contributed by atoms with Gasteiger partial charge in [-0.05, 0) is 35.8 Å². The van der Waals surface area contributed by atoms with Crippen molar-refractivity contribution in [1.82, 2.24) is 0 Å². The van der Waals surface area contributed by atoms with Crippen LogP contribution in [0.3, 0.4) is 0 Å². The van der Waals surface area contributed by atoms with Gasteiger partial charge in [-0.3, -0.25) is 0 Å². The minimum atomic E-state index is 0.114. The van der Waals surface area contributed by atoms with Gasteiger partial charge in [0.1, 0.15) is 0 Å². The molecule has 0 radical (unpaired) electrons. The second kappa shape index (κ2) is 6.47. The summed E-state index contributed by atoms with van der Waals surface area (Å²) in [5, 5.41) is 0. The molecule has 102 valence electrons. The highest BCUT2D eigenvalue weighted by molar-refractivity contribution is 7.99. The van der Waals surface area contributed by atoms with Gasteiger partial charge in [0.2, 0.25) is 0 Å². The van der Waals surface area contributed by atoms with Gasteiger partial charge in [-0.15, -0.1) is 11.8 Å². The van der Waals surface area contributed by atoms with Crippen LogP contribution in [0, 0.1) is 0 Å². The topological polar surface area (TPSA) is 0 Å². The van der Waals surface area contributed by atoms with E-state index in [1.54, 1.807) is 0 Å². The van der Waals surface area contributed by atoms with E-state index in [4.69, 9.17) is 0 Å². The van der Waals surface area contributed by atoms with Gasteiger partial charge in [-0.25, -0.2) is 0 Å². The first-order valence-electron chi connectivity index (χ1n) is 7.25. The first kappa shape index (κ1) is 14.5. The Bertz CT molecular complexity index is 480. The van der Waals surface area contributed by atoms with E-state index in [1.165, 1.54) is 34.6 Å². The fourth-order valence-corrected chi connectivity index (χ4v) is 3.82. The van der Waals surface area contributed by atoms with E-state index in [2.05, 4.69) is 63.3 Å². The standard InChI is InChI=1S/C18H24S/c1-4-5-14-19-17-13-9-8-12-16(17)18(2,3)15-10-6-7-11-15/h6,8-13H,4-5,7,14H2,1-3H3. The number of hydrogen-bond donors (Lipinski definition) is 0. The Hall–Kier alpha value is -0.950. The van der Waals surface area contributed by atoms with Crippen LogP contribution in [0.2, 0.25) is 0 Å². The van der Waals surface area contributed by atoms with E-state index in [1.807, 2.05) is 11.8 Å². The molecule has 1 aromatic rings. The minimum absolute atomic E-state index is 0.114. The molecular weight excluding hydrogens is 248 g/mol. The molecule has 0 aliphatic heterocycles. The quantitative estimate of drug-likeness (QED) is 0.470. The van der Waals surface area contributed by atoms with E-state index in [-0.39, 0.29) is 5.41 Å². The summed E-state index contributed by atoms with van der Waals surface area (Å²) in [6.07, 6.45) is 10.5. The van der Waals surface area contributed by atoms with Crippen molar-refractivity contribution < 1.29 is 0 Å². The lowest BCUT2D eigenvalue weighted by Gasteiger charge is -2.28. The fraction of sp³-hybridized carbons (Fsp3) is 0.444. The molecule has 2 rings (SSSR count). The third-order valence-electron chi connectivity index (χ3n) is 3.81. The minimum Gasteiger partial charge on any atom is -0.126 e. The van der Waals surface area contributed by atoms with E-state index in [9.17, 15) is 0 Å². The molecule has 0 heterocycles. The maximum atomic E-state index is 2.35. The summed E-state index contributed by atoms with van der Waals surface area (Å²) >= 11 is 2.01. The Morgan fingerprint density at radius 2 is 2.00 bits per heavy atom. The molecule has 0 saturated carbocycles. The SMILES string of the molecule is CCCCSc1ccccc1C(C)(C)C1=CCC=C1. The summed E-state index contributed by atoms with van der Waals surface area (Å²) in [6, 6.07) is 8.89. The van der Waals surface area contributed by atoms with Crippen molar-refractivity contribution in [2.45, 2.75) is 50.3 Å². The molecular formula is C18H24S. The van der Waals surface area contributed by atoms with E-state index in [0.717, 1.165) is 6.42 Å². The van der Waals surface area contributed by atoms with Gasteiger partial charge in [-0.2, -0.15) is 0 Å². The maximum Gasteiger partial charge on any atom is 0.0154 e. The Balaban J connectivity index is 2.25. The van der Waals surface area contributed by atoms with Crippen molar-refractivity contribution in [3.05, 3.63) is 53.6 Å². The van der Waals surface area contributed by atoms with Crippen LogP contribution < -0.4 is 0 Å². The molecule has 0 atom stereocenters. The molecule has 0 bridgehead atoms. The molecule has 1 aromatic carbocycles. The van der Waals surface area contributed by atoms with Gasteiger partial charge in [0.15, 0.2) is 0 Å². The number of benzene rings is 1. The zero-order valence-corrected chi connectivity index (χ0v) is 13.1. The third kappa shape index (κ3) is 3.33. The highest BCUT2D eigenvalue weighted by Gasteiger charge is 2.27. The zero-order chi connectivity index (χ0) is 13.7. The van der Waals surface area contributed by atoms with Gasteiger partial charge < -0.3 is 0 Å². The van der Waals surface area contributed by atoms with Crippen LogP contribution in [-0.2, 0) is 5.41 Å². The number of thioether (sulfide) groups is 1. The molecule has 1 aliphatic carbocycles. The Morgan fingerprint density at radius 3 is 2.68 bits per heavy atom. The van der Waals surface area contributed by atoms with Crippen molar-refractivity contribution in [2.24, 2.45) is 0 Å². The van der Waals surface area contributed by atoms with Gasteiger partial charge in [0.25, 0.3) is 0 Å². The molecule has 0 N–H and O–H groups in total. The zero-order valence-electron chi connectivity index (χ0n) is 12.3. The fourth-order valence-electron chi connectivity index (χ4n) is 2.51. The van der Waals surface area contributed by atoms with Crippen molar-refractivity contribution in [3.8, 4) is 0 Å². The summed E-state index contributed by atoms with van der Waals surface area (Å²) in [5.41, 5.74) is 3.04. The smallest absolute Gasteiger partial charge is 0.0154 e. The van der Waals surface area contributed by atoms with E-state index >= 15 is 0 Å². The van der Waals surface area contributed by atoms with Crippen LogP contribution in [0.4, 0.5) is 0 Å². The molecule has 0 nitrogen and oxygen atoms in total. The van der Waals surface area contributed by atoms with E-state index < -0.39 is 0 Å². The van der Waals surface area contributed by atoms with Crippen molar-refractivity contribution >= 4 is 11.8 Å². The van der Waals surface area contributed by atoms with Crippen molar-refractivity contribution in [1.29, 1.82) is 0 Å². The highest BCUT2D eigenvalue weighted by Crippen LogP contribution is 2.39. The van der Waals surface area contributed by atoms with Crippen LogP contribution in [0.25, 0.3) is 0 Å². The maximum absolute atomic E-state index is 2.35. The lowest BCUT2D eigenvalue weighted by Crippen LogP contribution is -2.19. The molecule has 0 aromatic heterocycles. The summed E-state index contributed by atoms with van der Waals surface area (Å²) in [5.74, 6) is 1.22. The van der Waals surface area contributed by atoms with Crippen LogP contribution in [0.1, 0.15) is 45.6 Å². The summed E-state index contributed by atoms with van der Waals surface area (Å²) in [6.45, 7) is 6.94. The number of hydrogen-bond acceptors (Lipinski definition) is 1. The molecule has 1 aliphatic rings. The Kier molecular flexibility index (Phi) is 4.93. The first-order valence-corrected chi connectivity index (χ1v) is 8.24. The Labute approximate surface area is 122 Å². The van der Waals surface area contributed by atoms with Crippen LogP contribution in [0.15, 0.2) is 53.0 Å². The molecule has 0 saturated heterocycles. The highest BCUT2D eigenvalue weighted by atomic mass is 32.2. The van der Waals surface area contributed by atoms with Gasteiger partial charge in [0.05, 0.1) is 0 Å². The third-order valence-corrected chi connectivity index (χ3v) is 4.97. The average Bonchev–Trinajstić information content (AvgIpc) is 2.94. The van der Waals surface area contributed by atoms with E-state index in [0.29, 0.717) is 0 Å². The monoisotopic (exact) mass is 272 g/mol. The molecule has 0 spiro atoms. The lowest BCUT2D eigenvalue weighted by atomic mass is 9.78. The first-order chi connectivity index (χ1) is 9.16. The predicted octanol–water partition coefficient (Wildman–Crippen LogP) is 5.74.